The summed E-state index contributed by atoms with van der Waals surface area (Å²) in [6.45, 7) is 0. The van der Waals surface area contributed by atoms with Crippen LogP contribution < -0.4 is 10.5 Å². The normalized spacial score (nSPS) is 33.9. The van der Waals surface area contributed by atoms with Crippen LogP contribution in [0.25, 0.3) is 0 Å². The third kappa shape index (κ3) is 2.06. The van der Waals surface area contributed by atoms with E-state index in [1.807, 2.05) is 12.1 Å². The van der Waals surface area contributed by atoms with Crippen LogP contribution >= 0.6 is 15.9 Å². The van der Waals surface area contributed by atoms with Gasteiger partial charge in [0.15, 0.2) is 0 Å². The number of ether oxygens (including phenoxy) is 2. The molecule has 0 amide bonds. The molecule has 2 saturated heterocycles. The lowest BCUT2D eigenvalue weighted by molar-refractivity contribution is 0.0856. The standard InChI is InChI=1S/C14H18BrNO2/c1-17-10-2-4-12(15)9(6-10)7-14(16)8-11-3-5-13(14)18-11/h2,4,6,11,13H,3,5,7-8,16H2,1H3. The highest BCUT2D eigenvalue weighted by molar-refractivity contribution is 9.10. The molecule has 3 atom stereocenters. The Morgan fingerprint density at radius 2 is 2.33 bits per heavy atom. The van der Waals surface area contributed by atoms with E-state index in [9.17, 15) is 0 Å². The molecule has 2 aliphatic heterocycles. The molecule has 0 radical (unpaired) electrons. The van der Waals surface area contributed by atoms with Crippen LogP contribution in [0, 0.1) is 0 Å². The summed E-state index contributed by atoms with van der Waals surface area (Å²) >= 11 is 3.59. The van der Waals surface area contributed by atoms with E-state index >= 15 is 0 Å². The second kappa shape index (κ2) is 4.51. The van der Waals surface area contributed by atoms with Gasteiger partial charge in [-0.3, -0.25) is 0 Å². The molecule has 0 spiro atoms. The van der Waals surface area contributed by atoms with E-state index in [-0.39, 0.29) is 11.6 Å². The Hall–Kier alpha value is -0.580. The molecule has 0 saturated carbocycles. The quantitative estimate of drug-likeness (QED) is 0.933. The Morgan fingerprint density at radius 1 is 1.50 bits per heavy atom. The van der Waals surface area contributed by atoms with Gasteiger partial charge in [0.25, 0.3) is 0 Å². The minimum absolute atomic E-state index is 0.211. The summed E-state index contributed by atoms with van der Waals surface area (Å²) in [6.07, 6.45) is 4.68. The van der Waals surface area contributed by atoms with Gasteiger partial charge in [0.05, 0.1) is 19.3 Å². The molecular formula is C14H18BrNO2. The van der Waals surface area contributed by atoms with Crippen molar-refractivity contribution in [1.82, 2.24) is 0 Å². The van der Waals surface area contributed by atoms with Gasteiger partial charge in [-0.1, -0.05) is 15.9 Å². The van der Waals surface area contributed by atoms with E-state index < -0.39 is 0 Å². The van der Waals surface area contributed by atoms with Crippen LogP contribution in [0.15, 0.2) is 22.7 Å². The summed E-state index contributed by atoms with van der Waals surface area (Å²) < 4.78 is 12.3. The molecule has 3 rings (SSSR count). The van der Waals surface area contributed by atoms with E-state index in [2.05, 4.69) is 22.0 Å². The number of fused-ring (bicyclic) bond motifs is 2. The number of hydrogen-bond acceptors (Lipinski definition) is 3. The molecular weight excluding hydrogens is 294 g/mol. The molecule has 2 heterocycles. The average Bonchev–Trinajstić information content (AvgIpc) is 2.92. The fourth-order valence-corrected chi connectivity index (χ4v) is 3.58. The largest absolute Gasteiger partial charge is 0.497 e. The second-order valence-corrected chi connectivity index (χ2v) is 6.25. The van der Waals surface area contributed by atoms with E-state index in [0.29, 0.717) is 6.10 Å². The van der Waals surface area contributed by atoms with Gasteiger partial charge in [-0.2, -0.15) is 0 Å². The monoisotopic (exact) mass is 311 g/mol. The maximum absolute atomic E-state index is 6.55. The van der Waals surface area contributed by atoms with Crippen LogP contribution in [-0.2, 0) is 11.2 Å². The summed E-state index contributed by atoms with van der Waals surface area (Å²) in [5.74, 6) is 0.876. The summed E-state index contributed by atoms with van der Waals surface area (Å²) in [5.41, 5.74) is 7.54. The molecule has 2 bridgehead atoms. The summed E-state index contributed by atoms with van der Waals surface area (Å²) in [7, 11) is 1.69. The van der Waals surface area contributed by atoms with Crippen molar-refractivity contribution in [2.45, 2.75) is 43.4 Å². The topological polar surface area (TPSA) is 44.5 Å². The summed E-state index contributed by atoms with van der Waals surface area (Å²) in [5, 5.41) is 0. The molecule has 0 aliphatic carbocycles. The molecule has 2 fully saturated rings. The lowest BCUT2D eigenvalue weighted by atomic mass is 9.78. The van der Waals surface area contributed by atoms with Crippen LogP contribution in [0.2, 0.25) is 0 Å². The van der Waals surface area contributed by atoms with E-state index in [1.54, 1.807) is 7.11 Å². The predicted octanol–water partition coefficient (Wildman–Crippen LogP) is 2.65. The van der Waals surface area contributed by atoms with Crippen LogP contribution in [0.4, 0.5) is 0 Å². The van der Waals surface area contributed by atoms with Crippen molar-refractivity contribution in [1.29, 1.82) is 0 Å². The number of rotatable bonds is 3. The van der Waals surface area contributed by atoms with Crippen LogP contribution in [0.5, 0.6) is 5.75 Å². The first-order chi connectivity index (χ1) is 8.60. The van der Waals surface area contributed by atoms with E-state index in [4.69, 9.17) is 15.2 Å². The number of nitrogens with two attached hydrogens (primary N) is 1. The maximum atomic E-state index is 6.55. The van der Waals surface area contributed by atoms with Gasteiger partial charge in [-0.05, 0) is 49.4 Å². The van der Waals surface area contributed by atoms with Crippen molar-refractivity contribution in [3.63, 3.8) is 0 Å². The Kier molecular flexibility index (Phi) is 3.12. The zero-order valence-electron chi connectivity index (χ0n) is 10.5. The van der Waals surface area contributed by atoms with Gasteiger partial charge in [0, 0.05) is 10.0 Å². The number of benzene rings is 1. The van der Waals surface area contributed by atoms with Crippen molar-refractivity contribution >= 4 is 15.9 Å². The first-order valence-corrected chi connectivity index (χ1v) is 7.17. The molecule has 1 aromatic carbocycles. The Morgan fingerprint density at radius 3 is 2.94 bits per heavy atom. The Balaban J connectivity index is 1.84. The molecule has 3 unspecified atom stereocenters. The van der Waals surface area contributed by atoms with Crippen LogP contribution in [0.3, 0.4) is 0 Å². The number of methoxy groups -OCH3 is 1. The Labute approximate surface area is 116 Å². The van der Waals surface area contributed by atoms with Crippen LogP contribution in [0.1, 0.15) is 24.8 Å². The zero-order chi connectivity index (χ0) is 12.8. The lowest BCUT2D eigenvalue weighted by Crippen LogP contribution is -2.50. The molecule has 2 aliphatic rings. The molecule has 2 N–H and O–H groups in total. The average molecular weight is 312 g/mol. The molecule has 98 valence electrons. The van der Waals surface area contributed by atoms with Gasteiger partial charge in [-0.25, -0.2) is 0 Å². The van der Waals surface area contributed by atoms with Crippen molar-refractivity contribution < 1.29 is 9.47 Å². The van der Waals surface area contributed by atoms with Gasteiger partial charge >= 0.3 is 0 Å². The van der Waals surface area contributed by atoms with Gasteiger partial charge in [0.2, 0.25) is 0 Å². The number of halogens is 1. The fourth-order valence-electron chi connectivity index (χ4n) is 3.19. The zero-order valence-corrected chi connectivity index (χ0v) is 12.1. The van der Waals surface area contributed by atoms with Crippen molar-refractivity contribution in [2.75, 3.05) is 7.11 Å². The Bertz CT molecular complexity index is 465. The van der Waals surface area contributed by atoms with E-state index in [0.717, 1.165) is 29.5 Å². The van der Waals surface area contributed by atoms with E-state index in [1.165, 1.54) is 12.0 Å². The maximum Gasteiger partial charge on any atom is 0.119 e. The smallest absolute Gasteiger partial charge is 0.119 e. The fraction of sp³-hybridized carbons (Fsp3) is 0.571. The third-order valence-corrected chi connectivity index (χ3v) is 4.90. The van der Waals surface area contributed by atoms with Gasteiger partial charge < -0.3 is 15.2 Å². The SMILES string of the molecule is COc1ccc(Br)c(CC2(N)CC3CCC2O3)c1. The van der Waals surface area contributed by atoms with Crippen molar-refractivity contribution in [2.24, 2.45) is 5.73 Å². The minimum atomic E-state index is -0.211. The third-order valence-electron chi connectivity index (χ3n) is 4.13. The predicted molar refractivity (Wildman–Crippen MR) is 73.8 cm³/mol. The van der Waals surface area contributed by atoms with Gasteiger partial charge in [-0.15, -0.1) is 0 Å². The molecule has 18 heavy (non-hydrogen) atoms. The highest BCUT2D eigenvalue weighted by atomic mass is 79.9. The second-order valence-electron chi connectivity index (χ2n) is 5.40. The first kappa shape index (κ1) is 12.5. The minimum Gasteiger partial charge on any atom is -0.497 e. The van der Waals surface area contributed by atoms with Crippen molar-refractivity contribution in [3.05, 3.63) is 28.2 Å². The highest BCUT2D eigenvalue weighted by Crippen LogP contribution is 2.42. The van der Waals surface area contributed by atoms with Crippen molar-refractivity contribution in [3.8, 4) is 5.75 Å². The molecule has 4 heteroatoms. The lowest BCUT2D eigenvalue weighted by Gasteiger charge is -2.31. The van der Waals surface area contributed by atoms with Gasteiger partial charge in [0.1, 0.15) is 5.75 Å². The molecule has 3 nitrogen and oxygen atoms in total. The summed E-state index contributed by atoms with van der Waals surface area (Å²) in [4.78, 5) is 0. The van der Waals surface area contributed by atoms with Crippen LogP contribution in [-0.4, -0.2) is 24.9 Å². The first-order valence-electron chi connectivity index (χ1n) is 6.37. The molecule has 1 aromatic rings. The molecule has 0 aromatic heterocycles. The highest BCUT2D eigenvalue weighted by Gasteiger charge is 2.49. The summed E-state index contributed by atoms with van der Waals surface area (Å²) in [6, 6.07) is 6.03. The number of hydrogen-bond donors (Lipinski definition) is 1.